The molecule has 1 atom stereocenters. The van der Waals surface area contributed by atoms with Crippen LogP contribution >= 0.6 is 39.1 Å². The van der Waals surface area contributed by atoms with Gasteiger partial charge < -0.3 is 15.8 Å². The van der Waals surface area contributed by atoms with Gasteiger partial charge in [0.1, 0.15) is 11.8 Å². The van der Waals surface area contributed by atoms with Gasteiger partial charge in [0.05, 0.1) is 16.8 Å². The maximum atomic E-state index is 12.7. The fourth-order valence-corrected chi connectivity index (χ4v) is 3.44. The molecule has 3 amide bonds. The molecule has 4 N–H and O–H groups in total. The first-order valence-electron chi connectivity index (χ1n) is 9.38. The van der Waals surface area contributed by atoms with E-state index < -0.39 is 23.8 Å². The van der Waals surface area contributed by atoms with E-state index in [1.165, 1.54) is 24.4 Å². The average Bonchev–Trinajstić information content (AvgIpc) is 2.70. The van der Waals surface area contributed by atoms with Gasteiger partial charge in [-0.1, -0.05) is 53.0 Å². The van der Waals surface area contributed by atoms with E-state index in [4.69, 9.17) is 33.7 Å². The third-order valence-electron chi connectivity index (χ3n) is 4.13. The van der Waals surface area contributed by atoms with Crippen LogP contribution in [0.3, 0.4) is 0 Å². The molecule has 11 heteroatoms. The minimum absolute atomic E-state index is 0.175. The van der Waals surface area contributed by atoms with E-state index in [0.29, 0.717) is 16.3 Å². The van der Waals surface area contributed by atoms with Crippen LogP contribution in [0.15, 0.2) is 46.0 Å². The number of benzene rings is 2. The molecule has 0 aliphatic heterocycles. The zero-order valence-corrected chi connectivity index (χ0v) is 20.3. The Morgan fingerprint density at radius 3 is 2.53 bits per heavy atom. The van der Waals surface area contributed by atoms with Crippen molar-refractivity contribution in [3.05, 3.63) is 62.0 Å². The topological polar surface area (TPSA) is 123 Å². The first kappa shape index (κ1) is 25.6. The minimum atomic E-state index is -0.875. The van der Waals surface area contributed by atoms with E-state index in [-0.39, 0.29) is 23.1 Å². The highest BCUT2D eigenvalue weighted by Gasteiger charge is 2.25. The Labute approximate surface area is 203 Å². The molecular weight excluding hydrogens is 523 g/mol. The lowest BCUT2D eigenvalue weighted by atomic mass is 10.0. The number of primary amides is 1. The van der Waals surface area contributed by atoms with Gasteiger partial charge in [0, 0.05) is 15.1 Å². The Hall–Kier alpha value is -2.62. The molecule has 0 aliphatic rings. The molecular formula is C21H21BrCl2N4O4. The van der Waals surface area contributed by atoms with E-state index >= 15 is 0 Å². The standard InChI is InChI=1S/C21H21BrCl2N4O4/c1-11(2)19(27-20(30)15-5-4-14(23)8-16(15)24)21(31)28-26-9-12-7-13(22)3-6-17(12)32-10-18(25)29/h3-9,11,19H,10H2,1-2H3,(H2,25,29)(H,27,30)(H,28,31)/b26-9+. The predicted octanol–water partition coefficient (Wildman–Crippen LogP) is 3.52. The van der Waals surface area contributed by atoms with Gasteiger partial charge in [-0.2, -0.15) is 5.10 Å². The zero-order valence-electron chi connectivity index (χ0n) is 17.2. The third kappa shape index (κ3) is 7.51. The number of halogens is 3. The van der Waals surface area contributed by atoms with E-state index in [2.05, 4.69) is 31.8 Å². The minimum Gasteiger partial charge on any atom is -0.483 e. The van der Waals surface area contributed by atoms with Crippen molar-refractivity contribution in [2.24, 2.45) is 16.8 Å². The Balaban J connectivity index is 2.10. The van der Waals surface area contributed by atoms with E-state index in [1.807, 2.05) is 0 Å². The van der Waals surface area contributed by atoms with Crippen molar-refractivity contribution in [2.75, 3.05) is 6.61 Å². The average molecular weight is 544 g/mol. The maximum absolute atomic E-state index is 12.7. The number of rotatable bonds is 9. The van der Waals surface area contributed by atoms with Crippen LogP contribution in [0.4, 0.5) is 0 Å². The number of hydrazone groups is 1. The molecule has 1 unspecified atom stereocenters. The molecule has 0 fully saturated rings. The van der Waals surface area contributed by atoms with Crippen LogP contribution in [-0.2, 0) is 9.59 Å². The lowest BCUT2D eigenvalue weighted by molar-refractivity contribution is -0.124. The van der Waals surface area contributed by atoms with Gasteiger partial charge in [-0.3, -0.25) is 14.4 Å². The fourth-order valence-electron chi connectivity index (χ4n) is 2.56. The summed E-state index contributed by atoms with van der Waals surface area (Å²) in [6.45, 7) is 3.26. The number of hydrogen-bond donors (Lipinski definition) is 3. The van der Waals surface area contributed by atoms with Crippen molar-refractivity contribution in [3.8, 4) is 5.75 Å². The number of carbonyl (C=O) groups excluding carboxylic acids is 3. The summed E-state index contributed by atoms with van der Waals surface area (Å²) >= 11 is 15.3. The summed E-state index contributed by atoms with van der Waals surface area (Å²) < 4.78 is 6.08. The number of amides is 3. The van der Waals surface area contributed by atoms with Gasteiger partial charge >= 0.3 is 0 Å². The molecule has 0 saturated carbocycles. The third-order valence-corrected chi connectivity index (χ3v) is 5.17. The Morgan fingerprint density at radius 2 is 1.91 bits per heavy atom. The zero-order chi connectivity index (χ0) is 23.8. The molecule has 0 spiro atoms. The first-order chi connectivity index (χ1) is 15.1. The highest BCUT2D eigenvalue weighted by Crippen LogP contribution is 2.22. The van der Waals surface area contributed by atoms with Crippen molar-refractivity contribution in [2.45, 2.75) is 19.9 Å². The monoisotopic (exact) mass is 542 g/mol. The highest BCUT2D eigenvalue weighted by atomic mass is 79.9. The number of nitrogens with two attached hydrogens (primary N) is 1. The summed E-state index contributed by atoms with van der Waals surface area (Å²) in [5.74, 6) is -1.54. The summed E-state index contributed by atoms with van der Waals surface area (Å²) in [4.78, 5) is 36.2. The fraction of sp³-hybridized carbons (Fsp3) is 0.238. The quantitative estimate of drug-likeness (QED) is 0.330. The van der Waals surface area contributed by atoms with Gasteiger partial charge in [0.15, 0.2) is 6.61 Å². The van der Waals surface area contributed by atoms with Crippen molar-refractivity contribution in [1.82, 2.24) is 10.7 Å². The number of hydrogen-bond acceptors (Lipinski definition) is 5. The van der Waals surface area contributed by atoms with Crippen molar-refractivity contribution in [3.63, 3.8) is 0 Å². The maximum Gasteiger partial charge on any atom is 0.262 e. The molecule has 0 aliphatic carbocycles. The normalized spacial score (nSPS) is 11.9. The summed E-state index contributed by atoms with van der Waals surface area (Å²) in [5.41, 5.74) is 8.21. The Kier molecular flexibility index (Phi) is 9.49. The molecule has 0 heterocycles. The van der Waals surface area contributed by atoms with Gasteiger partial charge in [-0.05, 0) is 42.3 Å². The number of nitrogens with one attached hydrogen (secondary N) is 2. The molecule has 0 radical (unpaired) electrons. The molecule has 8 nitrogen and oxygen atoms in total. The van der Waals surface area contributed by atoms with Crippen LogP contribution in [0, 0.1) is 5.92 Å². The Morgan fingerprint density at radius 1 is 1.19 bits per heavy atom. The lowest BCUT2D eigenvalue weighted by Gasteiger charge is -2.20. The van der Waals surface area contributed by atoms with Crippen LogP contribution in [0.25, 0.3) is 0 Å². The number of ether oxygens (including phenoxy) is 1. The summed E-state index contributed by atoms with van der Waals surface area (Å²) in [6, 6.07) is 8.63. The van der Waals surface area contributed by atoms with Crippen LogP contribution < -0.4 is 21.2 Å². The Bertz CT molecular complexity index is 1050. The second kappa shape index (κ2) is 11.8. The number of nitrogens with zero attached hydrogens (tertiary/aromatic N) is 1. The molecule has 32 heavy (non-hydrogen) atoms. The van der Waals surface area contributed by atoms with E-state index in [9.17, 15) is 14.4 Å². The van der Waals surface area contributed by atoms with Crippen LogP contribution in [0.2, 0.25) is 10.0 Å². The summed E-state index contributed by atoms with van der Waals surface area (Å²) in [7, 11) is 0. The molecule has 0 saturated heterocycles. The second-order valence-electron chi connectivity index (χ2n) is 6.99. The molecule has 0 bridgehead atoms. The van der Waals surface area contributed by atoms with Crippen LogP contribution in [0.5, 0.6) is 5.75 Å². The summed E-state index contributed by atoms with van der Waals surface area (Å²) in [6.07, 6.45) is 1.36. The predicted molar refractivity (Wildman–Crippen MR) is 127 cm³/mol. The molecule has 170 valence electrons. The van der Waals surface area contributed by atoms with Gasteiger partial charge in [0.2, 0.25) is 0 Å². The van der Waals surface area contributed by atoms with Crippen molar-refractivity contribution >= 4 is 63.1 Å². The van der Waals surface area contributed by atoms with E-state index in [0.717, 1.165) is 4.47 Å². The first-order valence-corrected chi connectivity index (χ1v) is 10.9. The molecule has 2 aromatic rings. The summed E-state index contributed by atoms with van der Waals surface area (Å²) in [5, 5.41) is 7.17. The smallest absolute Gasteiger partial charge is 0.262 e. The lowest BCUT2D eigenvalue weighted by Crippen LogP contribution is -2.48. The second-order valence-corrected chi connectivity index (χ2v) is 8.75. The van der Waals surface area contributed by atoms with Crippen molar-refractivity contribution in [1.29, 1.82) is 0 Å². The SMILES string of the molecule is CC(C)C(NC(=O)c1ccc(Cl)cc1Cl)C(=O)N/N=C/c1cc(Br)ccc1OCC(N)=O. The van der Waals surface area contributed by atoms with E-state index in [1.54, 1.807) is 32.0 Å². The van der Waals surface area contributed by atoms with Gasteiger partial charge in [-0.25, -0.2) is 5.43 Å². The molecule has 2 rings (SSSR count). The highest BCUT2D eigenvalue weighted by molar-refractivity contribution is 9.10. The van der Waals surface area contributed by atoms with Crippen molar-refractivity contribution < 1.29 is 19.1 Å². The number of carbonyl (C=O) groups is 3. The van der Waals surface area contributed by atoms with Gasteiger partial charge in [0.25, 0.3) is 17.7 Å². The largest absolute Gasteiger partial charge is 0.483 e. The van der Waals surface area contributed by atoms with Crippen LogP contribution in [-0.4, -0.2) is 36.6 Å². The van der Waals surface area contributed by atoms with Gasteiger partial charge in [-0.15, -0.1) is 0 Å². The van der Waals surface area contributed by atoms with Crippen LogP contribution in [0.1, 0.15) is 29.8 Å². The molecule has 2 aromatic carbocycles. The molecule has 0 aromatic heterocycles.